The molecule has 0 amide bonds. The van der Waals surface area contributed by atoms with Crippen LogP contribution in [-0.4, -0.2) is 18.5 Å². The van der Waals surface area contributed by atoms with Crippen molar-refractivity contribution in [3.05, 3.63) is 91.6 Å². The van der Waals surface area contributed by atoms with Gasteiger partial charge in [0.1, 0.15) is 17.2 Å². The number of rotatable bonds is 3. The molecule has 6 nitrogen and oxygen atoms in total. The van der Waals surface area contributed by atoms with Gasteiger partial charge in [-0.15, -0.1) is 0 Å². The predicted octanol–water partition coefficient (Wildman–Crippen LogP) is 6.11. The number of fused-ring (bicyclic) bond motifs is 2. The second-order valence-electron chi connectivity index (χ2n) is 7.50. The van der Waals surface area contributed by atoms with E-state index in [-0.39, 0.29) is 18.3 Å². The van der Waals surface area contributed by atoms with Crippen molar-refractivity contribution in [1.82, 2.24) is 0 Å². The van der Waals surface area contributed by atoms with E-state index in [1.165, 1.54) is 6.07 Å². The van der Waals surface area contributed by atoms with Crippen molar-refractivity contribution < 1.29 is 28.5 Å². The van der Waals surface area contributed by atoms with Crippen LogP contribution in [0.5, 0.6) is 17.2 Å². The number of allylic oxidation sites excluding steroid dienone is 1. The molecule has 3 aromatic rings. The van der Waals surface area contributed by atoms with E-state index in [9.17, 15) is 9.59 Å². The van der Waals surface area contributed by atoms with Gasteiger partial charge in [-0.2, -0.15) is 0 Å². The molecule has 2 heterocycles. The maximum atomic E-state index is 13.0. The van der Waals surface area contributed by atoms with Crippen LogP contribution >= 0.6 is 27.5 Å². The Morgan fingerprint density at radius 1 is 1.15 bits per heavy atom. The zero-order valence-corrected chi connectivity index (χ0v) is 19.7. The van der Waals surface area contributed by atoms with Crippen molar-refractivity contribution in [2.24, 2.45) is 0 Å². The first-order chi connectivity index (χ1) is 15.9. The number of ketones is 1. The highest BCUT2D eigenvalue weighted by atomic mass is 79.9. The van der Waals surface area contributed by atoms with Gasteiger partial charge in [-0.05, 0) is 55.5 Å². The summed E-state index contributed by atoms with van der Waals surface area (Å²) >= 11 is 9.44. The molecular formula is C25H16BrClO6. The fourth-order valence-corrected chi connectivity index (χ4v) is 4.42. The lowest BCUT2D eigenvalue weighted by Crippen LogP contribution is -2.12. The van der Waals surface area contributed by atoms with E-state index in [0.717, 1.165) is 10.0 Å². The van der Waals surface area contributed by atoms with Crippen molar-refractivity contribution in [2.75, 3.05) is 6.79 Å². The molecule has 2 aliphatic rings. The third-order valence-electron chi connectivity index (χ3n) is 5.29. The van der Waals surface area contributed by atoms with E-state index < -0.39 is 5.97 Å². The topological polar surface area (TPSA) is 71.1 Å². The molecule has 2 aliphatic heterocycles. The van der Waals surface area contributed by atoms with E-state index in [4.69, 9.17) is 30.5 Å². The molecule has 166 valence electrons. The highest BCUT2D eigenvalue weighted by Crippen LogP contribution is 2.41. The molecule has 0 aromatic heterocycles. The van der Waals surface area contributed by atoms with Gasteiger partial charge >= 0.3 is 5.97 Å². The lowest BCUT2D eigenvalue weighted by molar-refractivity contribution is -0.0165. The fourth-order valence-electron chi connectivity index (χ4n) is 3.71. The van der Waals surface area contributed by atoms with Crippen LogP contribution in [0.4, 0.5) is 0 Å². The summed E-state index contributed by atoms with van der Waals surface area (Å²) in [6, 6.07) is 13.4. The molecule has 0 aliphatic carbocycles. The first kappa shape index (κ1) is 21.7. The van der Waals surface area contributed by atoms with Crippen LogP contribution in [0.15, 0.2) is 58.8 Å². The van der Waals surface area contributed by atoms with Gasteiger partial charge in [-0.3, -0.25) is 4.79 Å². The van der Waals surface area contributed by atoms with Gasteiger partial charge in [0, 0.05) is 26.2 Å². The van der Waals surface area contributed by atoms with E-state index in [2.05, 4.69) is 15.9 Å². The van der Waals surface area contributed by atoms with Gasteiger partial charge in [0.05, 0.1) is 17.7 Å². The van der Waals surface area contributed by atoms with E-state index in [1.807, 2.05) is 12.1 Å². The smallest absolute Gasteiger partial charge is 0.343 e. The third kappa shape index (κ3) is 4.15. The summed E-state index contributed by atoms with van der Waals surface area (Å²) in [7, 11) is 0. The average molecular weight is 528 g/mol. The second-order valence-corrected chi connectivity index (χ2v) is 8.85. The van der Waals surface area contributed by atoms with Gasteiger partial charge in [-0.25, -0.2) is 4.79 Å². The summed E-state index contributed by atoms with van der Waals surface area (Å²) in [6.07, 6.45) is 1.65. The number of Topliss-reactive ketones (excluding diaryl/α,β-unsaturated/α-hetero) is 1. The van der Waals surface area contributed by atoms with Gasteiger partial charge in [0.2, 0.25) is 5.78 Å². The molecule has 0 fully saturated rings. The lowest BCUT2D eigenvalue weighted by atomic mass is 10.0. The van der Waals surface area contributed by atoms with Crippen molar-refractivity contribution in [2.45, 2.75) is 13.5 Å². The number of ether oxygens (including phenoxy) is 4. The third-order valence-corrected chi connectivity index (χ3v) is 5.98. The van der Waals surface area contributed by atoms with E-state index in [0.29, 0.717) is 51.1 Å². The summed E-state index contributed by atoms with van der Waals surface area (Å²) in [6.45, 7) is 2.29. The number of hydrogen-bond acceptors (Lipinski definition) is 6. The second kappa shape index (κ2) is 8.67. The van der Waals surface area contributed by atoms with Crippen molar-refractivity contribution in [3.8, 4) is 17.2 Å². The highest BCUT2D eigenvalue weighted by Gasteiger charge is 2.31. The first-order valence-corrected chi connectivity index (χ1v) is 11.2. The Bertz CT molecular complexity index is 1350. The molecule has 5 rings (SSSR count). The summed E-state index contributed by atoms with van der Waals surface area (Å²) in [5, 5.41) is 0.434. The fraction of sp³-hybridized carbons (Fsp3) is 0.120. The molecule has 0 saturated heterocycles. The molecule has 0 spiro atoms. The molecule has 33 heavy (non-hydrogen) atoms. The van der Waals surface area contributed by atoms with Crippen LogP contribution in [0, 0.1) is 6.92 Å². The van der Waals surface area contributed by atoms with Gasteiger partial charge < -0.3 is 18.9 Å². The molecule has 0 unspecified atom stereocenters. The monoisotopic (exact) mass is 526 g/mol. The standard InChI is InChI=1S/C25H16BrClO6/c1-13-20(33-25(29)14-3-2-4-18(27)9-14)6-5-19-22(28)21(32-23(13)19)10-15-7-17(26)8-16-11-30-12-31-24(15)16/h2-10H,11-12H2,1H3/b21-10-. The molecular weight excluding hydrogens is 512 g/mol. The maximum Gasteiger partial charge on any atom is 0.343 e. The van der Waals surface area contributed by atoms with E-state index >= 15 is 0 Å². The molecule has 0 radical (unpaired) electrons. The number of carbonyl (C=O) groups excluding carboxylic acids is 2. The molecule has 3 aromatic carbocycles. The predicted molar refractivity (Wildman–Crippen MR) is 125 cm³/mol. The number of esters is 1. The number of halogens is 2. The molecule has 8 heteroatoms. The summed E-state index contributed by atoms with van der Waals surface area (Å²) in [5.74, 6) is 0.644. The maximum absolute atomic E-state index is 13.0. The zero-order valence-electron chi connectivity index (χ0n) is 17.3. The molecule has 0 bridgehead atoms. The van der Waals surface area contributed by atoms with Gasteiger partial charge in [-0.1, -0.05) is 33.6 Å². The number of carbonyl (C=O) groups is 2. The minimum absolute atomic E-state index is 0.139. The Morgan fingerprint density at radius 2 is 2.00 bits per heavy atom. The quantitative estimate of drug-likeness (QED) is 0.232. The molecule has 0 atom stereocenters. The summed E-state index contributed by atoms with van der Waals surface area (Å²) in [4.78, 5) is 25.5. The van der Waals surface area contributed by atoms with Crippen LogP contribution in [0.1, 0.15) is 37.4 Å². The Hall–Kier alpha value is -3.13. The van der Waals surface area contributed by atoms with Crippen LogP contribution in [0.25, 0.3) is 6.08 Å². The van der Waals surface area contributed by atoms with Crippen molar-refractivity contribution in [1.29, 1.82) is 0 Å². The minimum atomic E-state index is -0.555. The number of hydrogen-bond donors (Lipinski definition) is 0. The summed E-state index contributed by atoms with van der Waals surface area (Å²) in [5.41, 5.74) is 2.83. The summed E-state index contributed by atoms with van der Waals surface area (Å²) < 4.78 is 23.3. The Balaban J connectivity index is 1.45. The largest absolute Gasteiger partial charge is 0.467 e. The zero-order chi connectivity index (χ0) is 23.1. The van der Waals surface area contributed by atoms with Crippen LogP contribution in [0.3, 0.4) is 0 Å². The van der Waals surface area contributed by atoms with Crippen LogP contribution < -0.4 is 14.2 Å². The number of benzene rings is 3. The SMILES string of the molecule is Cc1c(OC(=O)c2cccc(Cl)c2)ccc2c1O/C(=C\c1cc(Br)cc3c1OCOC3)C2=O. The van der Waals surface area contributed by atoms with Crippen LogP contribution in [0.2, 0.25) is 5.02 Å². The minimum Gasteiger partial charge on any atom is -0.467 e. The van der Waals surface area contributed by atoms with E-state index in [1.54, 1.807) is 43.3 Å². The van der Waals surface area contributed by atoms with Gasteiger partial charge in [0.15, 0.2) is 12.6 Å². The van der Waals surface area contributed by atoms with Crippen molar-refractivity contribution in [3.63, 3.8) is 0 Å². The van der Waals surface area contributed by atoms with Crippen molar-refractivity contribution >= 4 is 45.4 Å². The Morgan fingerprint density at radius 3 is 2.82 bits per heavy atom. The highest BCUT2D eigenvalue weighted by molar-refractivity contribution is 9.10. The lowest BCUT2D eigenvalue weighted by Gasteiger charge is -2.20. The average Bonchev–Trinajstić information content (AvgIpc) is 3.11. The normalized spacial score (nSPS) is 15.5. The Labute approximate surface area is 202 Å². The van der Waals surface area contributed by atoms with Gasteiger partial charge in [0.25, 0.3) is 0 Å². The Kier molecular flexibility index (Phi) is 5.70. The molecule has 0 N–H and O–H groups in total. The first-order valence-electron chi connectivity index (χ1n) is 9.99. The molecule has 0 saturated carbocycles. The van der Waals surface area contributed by atoms with Crippen LogP contribution in [-0.2, 0) is 11.3 Å².